The maximum absolute atomic E-state index is 10.7. The van der Waals surface area contributed by atoms with Gasteiger partial charge in [-0.1, -0.05) is 12.1 Å². The molecule has 0 bridgehead atoms. The molecular weight excluding hydrogens is 204 g/mol. The standard InChI is InChI=1S/C12H10N2O2/c1-9-8-13-6-5-12(9)10-3-2-4-11(7-10)14(15)16/h2-8H,1H3. The van der Waals surface area contributed by atoms with Gasteiger partial charge in [-0.2, -0.15) is 0 Å². The Morgan fingerprint density at radius 2 is 2.12 bits per heavy atom. The highest BCUT2D eigenvalue weighted by molar-refractivity contribution is 5.68. The van der Waals surface area contributed by atoms with Gasteiger partial charge in [0.15, 0.2) is 0 Å². The highest BCUT2D eigenvalue weighted by Crippen LogP contribution is 2.25. The zero-order valence-corrected chi connectivity index (χ0v) is 8.75. The van der Waals surface area contributed by atoms with E-state index in [1.807, 2.05) is 19.1 Å². The van der Waals surface area contributed by atoms with Crippen LogP contribution in [-0.2, 0) is 0 Å². The number of nitrogens with zero attached hydrogens (tertiary/aromatic N) is 2. The normalized spacial score (nSPS) is 10.1. The van der Waals surface area contributed by atoms with E-state index in [0.29, 0.717) is 0 Å². The Labute approximate surface area is 92.7 Å². The summed E-state index contributed by atoms with van der Waals surface area (Å²) in [5.41, 5.74) is 2.92. The highest BCUT2D eigenvalue weighted by Gasteiger charge is 2.08. The number of pyridine rings is 1. The van der Waals surface area contributed by atoms with Gasteiger partial charge in [0, 0.05) is 24.5 Å². The van der Waals surface area contributed by atoms with Crippen molar-refractivity contribution in [1.29, 1.82) is 0 Å². The summed E-state index contributed by atoms with van der Waals surface area (Å²) in [4.78, 5) is 14.3. The van der Waals surface area contributed by atoms with Crippen LogP contribution in [-0.4, -0.2) is 9.91 Å². The largest absolute Gasteiger partial charge is 0.270 e. The molecule has 4 nitrogen and oxygen atoms in total. The molecule has 0 saturated carbocycles. The lowest BCUT2D eigenvalue weighted by molar-refractivity contribution is -0.384. The zero-order chi connectivity index (χ0) is 11.5. The van der Waals surface area contributed by atoms with E-state index in [-0.39, 0.29) is 10.6 Å². The van der Waals surface area contributed by atoms with Crippen molar-refractivity contribution in [2.75, 3.05) is 0 Å². The monoisotopic (exact) mass is 214 g/mol. The average Bonchev–Trinajstić information content (AvgIpc) is 2.30. The van der Waals surface area contributed by atoms with E-state index in [4.69, 9.17) is 0 Å². The fraction of sp³-hybridized carbons (Fsp3) is 0.0833. The Morgan fingerprint density at radius 1 is 1.31 bits per heavy atom. The van der Waals surface area contributed by atoms with Crippen molar-refractivity contribution >= 4 is 5.69 Å². The van der Waals surface area contributed by atoms with E-state index in [2.05, 4.69) is 4.98 Å². The molecule has 2 aromatic rings. The van der Waals surface area contributed by atoms with Gasteiger partial charge in [-0.15, -0.1) is 0 Å². The van der Waals surface area contributed by atoms with Gasteiger partial charge in [-0.05, 0) is 29.7 Å². The van der Waals surface area contributed by atoms with E-state index in [0.717, 1.165) is 16.7 Å². The van der Waals surface area contributed by atoms with Gasteiger partial charge < -0.3 is 0 Å². The number of benzene rings is 1. The van der Waals surface area contributed by atoms with Gasteiger partial charge in [-0.3, -0.25) is 15.1 Å². The van der Waals surface area contributed by atoms with Crippen LogP contribution >= 0.6 is 0 Å². The molecule has 0 atom stereocenters. The fourth-order valence-corrected chi connectivity index (χ4v) is 1.58. The number of hydrogen-bond acceptors (Lipinski definition) is 3. The molecule has 0 aliphatic heterocycles. The van der Waals surface area contributed by atoms with Crippen LogP contribution in [0.15, 0.2) is 42.7 Å². The van der Waals surface area contributed by atoms with Crippen LogP contribution in [0.3, 0.4) is 0 Å². The second kappa shape index (κ2) is 4.10. The molecule has 1 heterocycles. The third kappa shape index (κ3) is 1.91. The third-order valence-electron chi connectivity index (χ3n) is 2.39. The van der Waals surface area contributed by atoms with Crippen LogP contribution in [0, 0.1) is 17.0 Å². The number of hydrogen-bond donors (Lipinski definition) is 0. The first-order valence-electron chi connectivity index (χ1n) is 4.84. The lowest BCUT2D eigenvalue weighted by atomic mass is 10.0. The first kappa shape index (κ1) is 10.3. The number of rotatable bonds is 2. The quantitative estimate of drug-likeness (QED) is 0.570. The van der Waals surface area contributed by atoms with E-state index in [1.54, 1.807) is 24.5 Å². The van der Waals surface area contributed by atoms with Gasteiger partial charge in [0.2, 0.25) is 0 Å². The summed E-state index contributed by atoms with van der Waals surface area (Å²) in [5.74, 6) is 0. The van der Waals surface area contributed by atoms with Gasteiger partial charge >= 0.3 is 0 Å². The molecule has 0 saturated heterocycles. The van der Waals surface area contributed by atoms with Crippen molar-refractivity contribution in [3.05, 3.63) is 58.4 Å². The number of aryl methyl sites for hydroxylation is 1. The first-order chi connectivity index (χ1) is 7.68. The van der Waals surface area contributed by atoms with Crippen molar-refractivity contribution in [2.45, 2.75) is 6.92 Å². The predicted octanol–water partition coefficient (Wildman–Crippen LogP) is 2.97. The van der Waals surface area contributed by atoms with Crippen LogP contribution in [0.5, 0.6) is 0 Å². The van der Waals surface area contributed by atoms with Crippen molar-refractivity contribution in [1.82, 2.24) is 4.98 Å². The van der Waals surface area contributed by atoms with Gasteiger partial charge in [0.05, 0.1) is 4.92 Å². The van der Waals surface area contributed by atoms with Crippen LogP contribution in [0.2, 0.25) is 0 Å². The van der Waals surface area contributed by atoms with Crippen molar-refractivity contribution in [3.63, 3.8) is 0 Å². The van der Waals surface area contributed by atoms with Crippen molar-refractivity contribution in [2.24, 2.45) is 0 Å². The number of aromatic nitrogens is 1. The van der Waals surface area contributed by atoms with E-state index in [9.17, 15) is 10.1 Å². The van der Waals surface area contributed by atoms with Gasteiger partial charge in [-0.25, -0.2) is 0 Å². The SMILES string of the molecule is Cc1cnccc1-c1cccc([N+](=O)[O-])c1. The second-order valence-electron chi connectivity index (χ2n) is 3.50. The molecule has 1 aromatic carbocycles. The summed E-state index contributed by atoms with van der Waals surface area (Å²) in [7, 11) is 0. The van der Waals surface area contributed by atoms with E-state index >= 15 is 0 Å². The fourth-order valence-electron chi connectivity index (χ4n) is 1.58. The van der Waals surface area contributed by atoms with Crippen LogP contribution in [0.1, 0.15) is 5.56 Å². The summed E-state index contributed by atoms with van der Waals surface area (Å²) in [5, 5.41) is 10.7. The van der Waals surface area contributed by atoms with E-state index < -0.39 is 0 Å². The second-order valence-corrected chi connectivity index (χ2v) is 3.50. The summed E-state index contributed by atoms with van der Waals surface area (Å²) in [6.45, 7) is 1.93. The van der Waals surface area contributed by atoms with Crippen LogP contribution in [0.4, 0.5) is 5.69 Å². The Hall–Kier alpha value is -2.23. The Bertz CT molecular complexity index is 538. The van der Waals surface area contributed by atoms with Gasteiger partial charge in [0.25, 0.3) is 5.69 Å². The van der Waals surface area contributed by atoms with Crippen LogP contribution in [0.25, 0.3) is 11.1 Å². The molecule has 4 heteroatoms. The molecule has 0 amide bonds. The number of nitro benzene ring substituents is 1. The molecule has 16 heavy (non-hydrogen) atoms. The zero-order valence-electron chi connectivity index (χ0n) is 8.75. The summed E-state index contributed by atoms with van der Waals surface area (Å²) in [6.07, 6.45) is 3.43. The molecule has 0 aliphatic rings. The molecule has 0 fully saturated rings. The molecule has 0 spiro atoms. The smallest absolute Gasteiger partial charge is 0.264 e. The molecule has 1 aromatic heterocycles. The highest BCUT2D eigenvalue weighted by atomic mass is 16.6. The van der Waals surface area contributed by atoms with Crippen LogP contribution < -0.4 is 0 Å². The Balaban J connectivity index is 2.53. The maximum atomic E-state index is 10.7. The number of non-ortho nitro benzene ring substituents is 1. The number of nitro groups is 1. The Morgan fingerprint density at radius 3 is 2.81 bits per heavy atom. The molecule has 0 aliphatic carbocycles. The molecule has 0 N–H and O–H groups in total. The van der Waals surface area contributed by atoms with Gasteiger partial charge in [0.1, 0.15) is 0 Å². The minimum atomic E-state index is -0.389. The summed E-state index contributed by atoms with van der Waals surface area (Å²) < 4.78 is 0. The lowest BCUT2D eigenvalue weighted by Gasteiger charge is -2.04. The summed E-state index contributed by atoms with van der Waals surface area (Å²) in [6, 6.07) is 8.46. The molecule has 80 valence electrons. The molecule has 0 radical (unpaired) electrons. The van der Waals surface area contributed by atoms with Crippen molar-refractivity contribution in [3.8, 4) is 11.1 Å². The maximum Gasteiger partial charge on any atom is 0.270 e. The average molecular weight is 214 g/mol. The Kier molecular flexibility index (Phi) is 2.64. The topological polar surface area (TPSA) is 56.0 Å². The minimum Gasteiger partial charge on any atom is -0.264 e. The predicted molar refractivity (Wildman–Crippen MR) is 61.1 cm³/mol. The molecule has 2 rings (SSSR count). The first-order valence-corrected chi connectivity index (χ1v) is 4.84. The third-order valence-corrected chi connectivity index (χ3v) is 2.39. The molecule has 0 unspecified atom stereocenters. The summed E-state index contributed by atoms with van der Waals surface area (Å²) >= 11 is 0. The van der Waals surface area contributed by atoms with Crippen molar-refractivity contribution < 1.29 is 4.92 Å². The minimum absolute atomic E-state index is 0.105. The molecular formula is C12H10N2O2. The van der Waals surface area contributed by atoms with E-state index in [1.165, 1.54) is 6.07 Å². The lowest BCUT2D eigenvalue weighted by Crippen LogP contribution is -1.89.